The Morgan fingerprint density at radius 1 is 1.21 bits per heavy atom. The van der Waals surface area contributed by atoms with Crippen molar-refractivity contribution in [2.24, 2.45) is 5.41 Å². The van der Waals surface area contributed by atoms with Crippen LogP contribution in [-0.2, 0) is 11.2 Å². The zero-order chi connectivity index (χ0) is 13.3. The average molecular weight is 277 g/mol. The van der Waals surface area contributed by atoms with E-state index in [1.807, 2.05) is 29.2 Å². The van der Waals surface area contributed by atoms with Crippen LogP contribution < -0.4 is 5.32 Å². The van der Waals surface area contributed by atoms with Crippen LogP contribution in [-0.4, -0.2) is 37.0 Å². The van der Waals surface area contributed by atoms with Crippen molar-refractivity contribution in [2.75, 3.05) is 26.2 Å². The highest BCUT2D eigenvalue weighted by Gasteiger charge is 2.46. The van der Waals surface area contributed by atoms with E-state index in [1.54, 1.807) is 0 Å². The minimum absolute atomic E-state index is 0.264. The first-order valence-corrected chi connectivity index (χ1v) is 6.97. The number of rotatable bonds is 3. The number of amides is 1. The maximum atomic E-state index is 12.6. The Balaban J connectivity index is 1.75. The Hall–Kier alpha value is -1.32. The molecule has 2 aliphatic rings. The first-order chi connectivity index (χ1) is 9.20. The van der Waals surface area contributed by atoms with E-state index in [9.17, 15) is 4.79 Å². The second-order valence-electron chi connectivity index (χ2n) is 5.37. The van der Waals surface area contributed by atoms with Gasteiger partial charge in [-0.25, -0.2) is 0 Å². The molecular formula is C15H17ClN2O. The maximum absolute atomic E-state index is 12.6. The van der Waals surface area contributed by atoms with Crippen molar-refractivity contribution in [3.05, 3.63) is 47.0 Å². The van der Waals surface area contributed by atoms with Crippen molar-refractivity contribution in [1.82, 2.24) is 10.2 Å². The molecule has 1 saturated heterocycles. The molecule has 0 radical (unpaired) electrons. The Morgan fingerprint density at radius 3 is 2.37 bits per heavy atom. The summed E-state index contributed by atoms with van der Waals surface area (Å²) in [5.41, 5.74) is 0.909. The molecule has 2 aliphatic heterocycles. The minimum atomic E-state index is -0.264. The number of hydrogen-bond donors (Lipinski definition) is 1. The van der Waals surface area contributed by atoms with Crippen molar-refractivity contribution in [2.45, 2.75) is 6.42 Å². The fourth-order valence-electron chi connectivity index (χ4n) is 2.75. The molecule has 1 aromatic carbocycles. The topological polar surface area (TPSA) is 32.3 Å². The van der Waals surface area contributed by atoms with Gasteiger partial charge in [-0.1, -0.05) is 35.9 Å². The van der Waals surface area contributed by atoms with E-state index in [2.05, 4.69) is 17.5 Å². The quantitative estimate of drug-likeness (QED) is 0.855. The fraction of sp³-hybridized carbons (Fsp3) is 0.400. The normalized spacial score (nSPS) is 20.4. The third kappa shape index (κ3) is 2.40. The van der Waals surface area contributed by atoms with E-state index >= 15 is 0 Å². The molecule has 3 nitrogen and oxygen atoms in total. The molecule has 1 N–H and O–H groups in total. The molecule has 0 bridgehead atoms. The predicted molar refractivity (Wildman–Crippen MR) is 76.2 cm³/mol. The van der Waals surface area contributed by atoms with Gasteiger partial charge in [0.1, 0.15) is 0 Å². The Labute approximate surface area is 118 Å². The molecular weight excluding hydrogens is 260 g/mol. The lowest BCUT2D eigenvalue weighted by Crippen LogP contribution is -2.62. The number of benzene rings is 1. The molecule has 100 valence electrons. The molecule has 0 atom stereocenters. The summed E-state index contributed by atoms with van der Waals surface area (Å²) in [5.74, 6) is 0.270. The molecule has 2 heterocycles. The molecule has 0 spiro atoms. The lowest BCUT2D eigenvalue weighted by Gasteiger charge is -2.43. The van der Waals surface area contributed by atoms with Gasteiger partial charge in [-0.05, 0) is 24.1 Å². The molecule has 0 aliphatic carbocycles. The smallest absolute Gasteiger partial charge is 0.232 e. The van der Waals surface area contributed by atoms with Crippen LogP contribution in [0.3, 0.4) is 0 Å². The third-order valence-electron chi connectivity index (χ3n) is 3.94. The number of carbonyl (C=O) groups is 1. The van der Waals surface area contributed by atoms with E-state index in [-0.39, 0.29) is 11.3 Å². The molecule has 0 unspecified atom stereocenters. The summed E-state index contributed by atoms with van der Waals surface area (Å²) in [4.78, 5) is 14.6. The molecule has 1 fully saturated rings. The number of nitrogens with zero attached hydrogens (tertiary/aromatic N) is 1. The molecule has 19 heavy (non-hydrogen) atoms. The molecule has 1 amide bonds. The van der Waals surface area contributed by atoms with E-state index in [0.29, 0.717) is 0 Å². The molecule has 0 saturated carbocycles. The van der Waals surface area contributed by atoms with E-state index in [1.165, 1.54) is 5.56 Å². The predicted octanol–water partition coefficient (Wildman–Crippen LogP) is 1.87. The van der Waals surface area contributed by atoms with Gasteiger partial charge in [-0.2, -0.15) is 0 Å². The van der Waals surface area contributed by atoms with Gasteiger partial charge >= 0.3 is 0 Å². The maximum Gasteiger partial charge on any atom is 0.232 e. The van der Waals surface area contributed by atoms with Gasteiger partial charge in [0.2, 0.25) is 5.91 Å². The van der Waals surface area contributed by atoms with Gasteiger partial charge in [0.25, 0.3) is 0 Å². The summed E-state index contributed by atoms with van der Waals surface area (Å²) >= 11 is 5.90. The second-order valence-corrected chi connectivity index (χ2v) is 5.81. The highest BCUT2D eigenvalue weighted by atomic mass is 35.5. The van der Waals surface area contributed by atoms with Crippen LogP contribution in [0.4, 0.5) is 0 Å². The summed E-state index contributed by atoms with van der Waals surface area (Å²) in [7, 11) is 0. The second kappa shape index (κ2) is 4.99. The van der Waals surface area contributed by atoms with Crippen molar-refractivity contribution >= 4 is 17.5 Å². The van der Waals surface area contributed by atoms with Crippen LogP contribution in [0, 0.1) is 5.41 Å². The molecule has 3 rings (SSSR count). The van der Waals surface area contributed by atoms with Gasteiger partial charge in [0.05, 0.1) is 5.41 Å². The molecule has 4 heteroatoms. The number of halogens is 1. The van der Waals surface area contributed by atoms with Gasteiger partial charge in [0.15, 0.2) is 0 Å². The Morgan fingerprint density at radius 2 is 1.84 bits per heavy atom. The summed E-state index contributed by atoms with van der Waals surface area (Å²) < 4.78 is 0. The minimum Gasteiger partial charge on any atom is -0.335 e. The summed E-state index contributed by atoms with van der Waals surface area (Å²) in [5, 5.41) is 3.98. The number of nitrogens with one attached hydrogen (secondary N) is 1. The first kappa shape index (κ1) is 12.7. The van der Waals surface area contributed by atoms with Gasteiger partial charge in [0, 0.05) is 31.2 Å². The highest BCUT2D eigenvalue weighted by molar-refractivity contribution is 6.30. The largest absolute Gasteiger partial charge is 0.335 e. The van der Waals surface area contributed by atoms with Crippen LogP contribution >= 0.6 is 11.6 Å². The van der Waals surface area contributed by atoms with Crippen LogP contribution in [0.5, 0.6) is 0 Å². The summed E-state index contributed by atoms with van der Waals surface area (Å²) in [6, 6.07) is 7.80. The monoisotopic (exact) mass is 276 g/mol. The average Bonchev–Trinajstić information content (AvgIpc) is 2.89. The van der Waals surface area contributed by atoms with E-state index in [0.717, 1.165) is 37.6 Å². The SMILES string of the molecule is O=C(N1CC=CC1)C1(Cc2ccc(Cl)cc2)CNC1. The zero-order valence-electron chi connectivity index (χ0n) is 10.7. The van der Waals surface area contributed by atoms with E-state index < -0.39 is 0 Å². The highest BCUT2D eigenvalue weighted by Crippen LogP contribution is 2.31. The first-order valence-electron chi connectivity index (χ1n) is 6.59. The van der Waals surface area contributed by atoms with E-state index in [4.69, 9.17) is 11.6 Å². The molecule has 1 aromatic rings. The lowest BCUT2D eigenvalue weighted by atomic mass is 9.75. The van der Waals surface area contributed by atoms with Crippen molar-refractivity contribution in [3.8, 4) is 0 Å². The van der Waals surface area contributed by atoms with Gasteiger partial charge < -0.3 is 10.2 Å². The van der Waals surface area contributed by atoms with Gasteiger partial charge in [-0.3, -0.25) is 4.79 Å². The van der Waals surface area contributed by atoms with Crippen LogP contribution in [0.2, 0.25) is 5.02 Å². The lowest BCUT2D eigenvalue weighted by molar-refractivity contribution is -0.143. The Kier molecular flexibility index (Phi) is 3.33. The van der Waals surface area contributed by atoms with Crippen LogP contribution in [0.1, 0.15) is 5.56 Å². The zero-order valence-corrected chi connectivity index (χ0v) is 11.5. The summed E-state index contributed by atoms with van der Waals surface area (Å²) in [6.45, 7) is 3.04. The van der Waals surface area contributed by atoms with Gasteiger partial charge in [-0.15, -0.1) is 0 Å². The van der Waals surface area contributed by atoms with Crippen molar-refractivity contribution in [3.63, 3.8) is 0 Å². The summed E-state index contributed by atoms with van der Waals surface area (Å²) in [6.07, 6.45) is 4.90. The number of carbonyl (C=O) groups excluding carboxylic acids is 1. The third-order valence-corrected chi connectivity index (χ3v) is 4.19. The Bertz CT molecular complexity index is 497. The number of hydrogen-bond acceptors (Lipinski definition) is 2. The van der Waals surface area contributed by atoms with Crippen molar-refractivity contribution in [1.29, 1.82) is 0 Å². The molecule has 0 aromatic heterocycles. The van der Waals surface area contributed by atoms with Crippen LogP contribution in [0.15, 0.2) is 36.4 Å². The standard InChI is InChI=1S/C15H17ClN2O/c16-13-5-3-12(4-6-13)9-15(10-17-11-15)14(19)18-7-1-2-8-18/h1-6,17H,7-11H2. The van der Waals surface area contributed by atoms with Crippen molar-refractivity contribution < 1.29 is 4.79 Å². The van der Waals surface area contributed by atoms with Crippen LogP contribution in [0.25, 0.3) is 0 Å². The fourth-order valence-corrected chi connectivity index (χ4v) is 2.88.